The monoisotopic (exact) mass is 363 g/mol. The molecule has 1 aliphatic heterocycles. The molecule has 0 saturated carbocycles. The van der Waals surface area contributed by atoms with Crippen molar-refractivity contribution in [3.8, 4) is 0 Å². The van der Waals surface area contributed by atoms with Crippen molar-refractivity contribution in [2.75, 3.05) is 13.1 Å². The average molecular weight is 363 g/mol. The second-order valence-electron chi connectivity index (χ2n) is 7.43. The first-order chi connectivity index (χ1) is 13.2. The fraction of sp³-hybridized carbons (Fsp3) is 0.409. The van der Waals surface area contributed by atoms with Crippen molar-refractivity contribution in [1.82, 2.24) is 15.2 Å². The van der Waals surface area contributed by atoms with Gasteiger partial charge in [0.25, 0.3) is 0 Å². The Kier molecular flexibility index (Phi) is 5.19. The standard InChI is InChI=1S/C22H25N3O2/c26-21(24-15-18-6-3-4-12-23-18)17-10-13-25(14-11-17)22(27)20-9-8-16-5-1-2-7-19(16)20/h1-7,12,17,20H,8-11,13-15H2,(H,24,26)/t20-/m0/s1. The van der Waals surface area contributed by atoms with Gasteiger partial charge in [0.05, 0.1) is 18.2 Å². The van der Waals surface area contributed by atoms with E-state index in [0.717, 1.165) is 31.4 Å². The summed E-state index contributed by atoms with van der Waals surface area (Å²) in [6.07, 6.45) is 5.08. The normalized spacial score (nSPS) is 19.6. The topological polar surface area (TPSA) is 62.3 Å². The number of carbonyl (C=O) groups excluding carboxylic acids is 2. The Bertz CT molecular complexity index is 813. The molecule has 2 heterocycles. The number of rotatable bonds is 4. The molecule has 5 heteroatoms. The van der Waals surface area contributed by atoms with Crippen molar-refractivity contribution in [3.05, 3.63) is 65.5 Å². The molecular formula is C22H25N3O2. The quantitative estimate of drug-likeness (QED) is 0.908. The number of piperidine rings is 1. The van der Waals surface area contributed by atoms with Gasteiger partial charge in [0.1, 0.15) is 0 Å². The van der Waals surface area contributed by atoms with Crippen LogP contribution in [0.3, 0.4) is 0 Å². The number of aromatic nitrogens is 1. The lowest BCUT2D eigenvalue weighted by atomic mass is 9.93. The van der Waals surface area contributed by atoms with E-state index in [2.05, 4.69) is 22.4 Å². The lowest BCUT2D eigenvalue weighted by Gasteiger charge is -2.33. The highest BCUT2D eigenvalue weighted by Crippen LogP contribution is 2.35. The Labute approximate surface area is 159 Å². The van der Waals surface area contributed by atoms with Crippen LogP contribution in [0.5, 0.6) is 0 Å². The fourth-order valence-corrected chi connectivity index (χ4v) is 4.22. The molecule has 1 aromatic carbocycles. The van der Waals surface area contributed by atoms with Gasteiger partial charge in [-0.3, -0.25) is 14.6 Å². The second kappa shape index (κ2) is 7.91. The van der Waals surface area contributed by atoms with Crippen molar-refractivity contribution < 1.29 is 9.59 Å². The lowest BCUT2D eigenvalue weighted by Crippen LogP contribution is -2.44. The van der Waals surface area contributed by atoms with Crippen LogP contribution in [0.4, 0.5) is 0 Å². The third kappa shape index (κ3) is 3.87. The number of aryl methyl sites for hydroxylation is 1. The molecule has 27 heavy (non-hydrogen) atoms. The molecule has 2 aromatic rings. The first kappa shape index (κ1) is 17.7. The summed E-state index contributed by atoms with van der Waals surface area (Å²) in [5.74, 6) is 0.274. The van der Waals surface area contributed by atoms with Crippen molar-refractivity contribution >= 4 is 11.8 Å². The Morgan fingerprint density at radius 2 is 1.81 bits per heavy atom. The van der Waals surface area contributed by atoms with Crippen LogP contribution >= 0.6 is 0 Å². The summed E-state index contributed by atoms with van der Waals surface area (Å²) in [6, 6.07) is 14.0. The number of nitrogens with zero attached hydrogens (tertiary/aromatic N) is 2. The molecule has 1 fully saturated rings. The summed E-state index contributed by atoms with van der Waals surface area (Å²) in [5.41, 5.74) is 3.36. The van der Waals surface area contributed by atoms with Gasteiger partial charge in [-0.05, 0) is 48.9 Å². The highest BCUT2D eigenvalue weighted by atomic mass is 16.2. The molecule has 2 amide bonds. The fourth-order valence-electron chi connectivity index (χ4n) is 4.22. The summed E-state index contributed by atoms with van der Waals surface area (Å²) < 4.78 is 0. The first-order valence-electron chi connectivity index (χ1n) is 9.76. The zero-order valence-corrected chi connectivity index (χ0v) is 15.4. The Balaban J connectivity index is 1.29. The predicted molar refractivity (Wildman–Crippen MR) is 103 cm³/mol. The van der Waals surface area contributed by atoms with E-state index in [1.165, 1.54) is 11.1 Å². The number of pyridine rings is 1. The number of likely N-dealkylation sites (tertiary alicyclic amines) is 1. The first-order valence-corrected chi connectivity index (χ1v) is 9.76. The van der Waals surface area contributed by atoms with Gasteiger partial charge in [-0.25, -0.2) is 0 Å². The van der Waals surface area contributed by atoms with Crippen LogP contribution in [0, 0.1) is 5.92 Å². The van der Waals surface area contributed by atoms with Crippen LogP contribution in [0.2, 0.25) is 0 Å². The van der Waals surface area contributed by atoms with Gasteiger partial charge in [0.2, 0.25) is 11.8 Å². The number of amides is 2. The minimum Gasteiger partial charge on any atom is -0.350 e. The van der Waals surface area contributed by atoms with Crippen molar-refractivity contribution in [1.29, 1.82) is 0 Å². The van der Waals surface area contributed by atoms with E-state index in [0.29, 0.717) is 19.6 Å². The van der Waals surface area contributed by atoms with E-state index >= 15 is 0 Å². The zero-order valence-electron chi connectivity index (χ0n) is 15.4. The molecule has 1 aromatic heterocycles. The number of hydrogen-bond acceptors (Lipinski definition) is 3. The molecule has 2 aliphatic rings. The molecule has 0 radical (unpaired) electrons. The maximum absolute atomic E-state index is 13.0. The van der Waals surface area contributed by atoms with Crippen LogP contribution in [-0.4, -0.2) is 34.8 Å². The molecule has 1 aliphatic carbocycles. The predicted octanol–water partition coefficient (Wildman–Crippen LogP) is 2.67. The molecule has 0 spiro atoms. The highest BCUT2D eigenvalue weighted by Gasteiger charge is 2.34. The minimum atomic E-state index is -0.0198. The third-order valence-corrected chi connectivity index (χ3v) is 5.78. The van der Waals surface area contributed by atoms with Crippen LogP contribution in [0.25, 0.3) is 0 Å². The van der Waals surface area contributed by atoms with Gasteiger partial charge in [0.15, 0.2) is 0 Å². The van der Waals surface area contributed by atoms with Crippen molar-refractivity contribution in [2.24, 2.45) is 5.92 Å². The molecule has 1 saturated heterocycles. The van der Waals surface area contributed by atoms with E-state index in [1.807, 2.05) is 35.2 Å². The molecular weight excluding hydrogens is 338 g/mol. The zero-order chi connectivity index (χ0) is 18.6. The molecule has 0 bridgehead atoms. The average Bonchev–Trinajstić information content (AvgIpc) is 3.16. The smallest absolute Gasteiger partial charge is 0.230 e. The van der Waals surface area contributed by atoms with Gasteiger partial charge < -0.3 is 10.2 Å². The van der Waals surface area contributed by atoms with Gasteiger partial charge in [-0.2, -0.15) is 0 Å². The Morgan fingerprint density at radius 3 is 2.59 bits per heavy atom. The maximum atomic E-state index is 13.0. The number of hydrogen-bond donors (Lipinski definition) is 1. The minimum absolute atomic E-state index is 0.00395. The molecule has 5 nitrogen and oxygen atoms in total. The van der Waals surface area contributed by atoms with Gasteiger partial charge in [0, 0.05) is 25.2 Å². The van der Waals surface area contributed by atoms with Crippen molar-refractivity contribution in [2.45, 2.75) is 38.1 Å². The summed E-state index contributed by atoms with van der Waals surface area (Å²) in [4.78, 5) is 31.6. The van der Waals surface area contributed by atoms with E-state index in [4.69, 9.17) is 0 Å². The van der Waals surface area contributed by atoms with Crippen LogP contribution in [0.15, 0.2) is 48.7 Å². The van der Waals surface area contributed by atoms with Crippen LogP contribution in [0.1, 0.15) is 42.0 Å². The largest absolute Gasteiger partial charge is 0.350 e. The molecule has 1 N–H and O–H groups in total. The Hall–Kier alpha value is -2.69. The van der Waals surface area contributed by atoms with Crippen LogP contribution < -0.4 is 5.32 Å². The molecule has 140 valence electrons. The molecule has 0 unspecified atom stereocenters. The third-order valence-electron chi connectivity index (χ3n) is 5.78. The second-order valence-corrected chi connectivity index (χ2v) is 7.43. The van der Waals surface area contributed by atoms with Crippen LogP contribution in [-0.2, 0) is 22.6 Å². The number of fused-ring (bicyclic) bond motifs is 1. The lowest BCUT2D eigenvalue weighted by molar-refractivity contribution is -0.136. The number of nitrogens with one attached hydrogen (secondary N) is 1. The highest BCUT2D eigenvalue weighted by molar-refractivity contribution is 5.85. The summed E-state index contributed by atoms with van der Waals surface area (Å²) in [6.45, 7) is 1.79. The van der Waals surface area contributed by atoms with E-state index < -0.39 is 0 Å². The maximum Gasteiger partial charge on any atom is 0.230 e. The van der Waals surface area contributed by atoms with Gasteiger partial charge in [-0.1, -0.05) is 30.3 Å². The molecule has 1 atom stereocenters. The van der Waals surface area contributed by atoms with E-state index in [1.54, 1.807) is 6.20 Å². The molecule has 4 rings (SSSR count). The summed E-state index contributed by atoms with van der Waals surface area (Å²) in [5, 5.41) is 2.98. The summed E-state index contributed by atoms with van der Waals surface area (Å²) in [7, 11) is 0. The van der Waals surface area contributed by atoms with E-state index in [9.17, 15) is 9.59 Å². The Morgan fingerprint density at radius 1 is 1.04 bits per heavy atom. The number of carbonyl (C=O) groups is 2. The number of benzene rings is 1. The van der Waals surface area contributed by atoms with Gasteiger partial charge >= 0.3 is 0 Å². The van der Waals surface area contributed by atoms with E-state index in [-0.39, 0.29) is 23.7 Å². The van der Waals surface area contributed by atoms with Crippen molar-refractivity contribution in [3.63, 3.8) is 0 Å². The van der Waals surface area contributed by atoms with Gasteiger partial charge in [-0.15, -0.1) is 0 Å². The summed E-state index contributed by atoms with van der Waals surface area (Å²) >= 11 is 0. The SMILES string of the molecule is O=C(NCc1ccccn1)C1CCN(C(=O)[C@H]2CCc3ccccc32)CC1.